The Bertz CT molecular complexity index is 518. The van der Waals surface area contributed by atoms with Crippen LogP contribution in [-0.4, -0.2) is 21.9 Å². The predicted octanol–water partition coefficient (Wildman–Crippen LogP) is 4.43. The van der Waals surface area contributed by atoms with Gasteiger partial charge >= 0.3 is 0 Å². The highest BCUT2D eigenvalue weighted by molar-refractivity contribution is 14.1. The second-order valence-corrected chi connectivity index (χ2v) is 10.2. The molecule has 2 nitrogen and oxygen atoms in total. The molecule has 3 fully saturated rings. The molecule has 4 aliphatic carbocycles. The molecular formula is C19H29IO2. The first-order valence-corrected chi connectivity index (χ1v) is 10.1. The molecule has 0 saturated heterocycles. The zero-order chi connectivity index (χ0) is 15.8. The third kappa shape index (κ3) is 1.91. The van der Waals surface area contributed by atoms with Crippen LogP contribution < -0.4 is 0 Å². The van der Waals surface area contributed by atoms with Crippen molar-refractivity contribution in [1.82, 2.24) is 0 Å². The highest BCUT2D eigenvalue weighted by Gasteiger charge is 2.63. The number of hydrogen-bond acceptors (Lipinski definition) is 2. The second-order valence-electron chi connectivity index (χ2n) is 9.01. The summed E-state index contributed by atoms with van der Waals surface area (Å²) in [6.07, 6.45) is 10.5. The van der Waals surface area contributed by atoms with Crippen LogP contribution in [0.1, 0.15) is 65.2 Å². The predicted molar refractivity (Wildman–Crippen MR) is 96.7 cm³/mol. The maximum atomic E-state index is 11.3. The summed E-state index contributed by atoms with van der Waals surface area (Å²) in [7, 11) is 0. The van der Waals surface area contributed by atoms with Gasteiger partial charge in [0.15, 0.2) is 0 Å². The summed E-state index contributed by atoms with van der Waals surface area (Å²) >= 11 is 2.57. The largest absolute Gasteiger partial charge is 0.393 e. The van der Waals surface area contributed by atoms with Gasteiger partial charge in [-0.2, -0.15) is 0 Å². The minimum absolute atomic E-state index is 0.0184. The van der Waals surface area contributed by atoms with Crippen LogP contribution in [0.2, 0.25) is 0 Å². The molecule has 2 N–H and O–H groups in total. The number of aliphatic hydroxyl groups excluding tert-OH is 1. The summed E-state index contributed by atoms with van der Waals surface area (Å²) in [5, 5.41) is 21.4. The van der Waals surface area contributed by atoms with Gasteiger partial charge in [-0.3, -0.25) is 0 Å². The fourth-order valence-electron chi connectivity index (χ4n) is 6.74. The highest BCUT2D eigenvalue weighted by Crippen LogP contribution is 2.67. The summed E-state index contributed by atoms with van der Waals surface area (Å²) in [5.74, 6) is 2.20. The van der Waals surface area contributed by atoms with Crippen LogP contribution in [-0.2, 0) is 0 Å². The monoisotopic (exact) mass is 416 g/mol. The Labute approximate surface area is 147 Å². The van der Waals surface area contributed by atoms with Crippen LogP contribution >= 0.6 is 22.6 Å². The minimum Gasteiger partial charge on any atom is -0.393 e. The Balaban J connectivity index is 1.67. The van der Waals surface area contributed by atoms with Crippen LogP contribution in [0.15, 0.2) is 9.66 Å². The third-order valence-electron chi connectivity index (χ3n) is 8.27. The average Bonchev–Trinajstić information content (AvgIpc) is 2.76. The number of allylic oxidation sites excluding steroid dienone is 2. The Morgan fingerprint density at radius 1 is 1.09 bits per heavy atom. The van der Waals surface area contributed by atoms with Crippen molar-refractivity contribution < 1.29 is 10.2 Å². The molecule has 7 atom stereocenters. The molecule has 0 aliphatic heterocycles. The van der Waals surface area contributed by atoms with E-state index in [-0.39, 0.29) is 11.5 Å². The summed E-state index contributed by atoms with van der Waals surface area (Å²) in [6.45, 7) is 4.82. The smallest absolute Gasteiger partial charge is 0.0728 e. The number of hydrogen-bond donors (Lipinski definition) is 2. The van der Waals surface area contributed by atoms with Crippen molar-refractivity contribution in [3.05, 3.63) is 9.66 Å². The molecule has 0 radical (unpaired) electrons. The van der Waals surface area contributed by atoms with Crippen molar-refractivity contribution in [2.75, 3.05) is 0 Å². The standard InChI is InChI=1S/C19H29IO2/c1-17-8-7-15-13(14(17)3-4-16(17)20)6-10-19(22)11-12(21)5-9-18(15,19)2/h4,12-15,21-22H,3,5-11H2,1-2H3/t12-,13-,14-,15-,17-,18+,19?/m0/s1. The fourth-order valence-corrected chi connectivity index (χ4v) is 7.67. The molecule has 0 aromatic rings. The van der Waals surface area contributed by atoms with Crippen molar-refractivity contribution in [2.24, 2.45) is 28.6 Å². The third-order valence-corrected chi connectivity index (χ3v) is 9.94. The molecule has 22 heavy (non-hydrogen) atoms. The average molecular weight is 416 g/mol. The first kappa shape index (κ1) is 15.9. The number of aliphatic hydroxyl groups is 2. The van der Waals surface area contributed by atoms with Gasteiger partial charge < -0.3 is 10.2 Å². The van der Waals surface area contributed by atoms with Crippen molar-refractivity contribution in [3.8, 4) is 0 Å². The van der Waals surface area contributed by atoms with Crippen molar-refractivity contribution in [1.29, 1.82) is 0 Å². The molecule has 4 aliphatic rings. The molecule has 0 heterocycles. The quantitative estimate of drug-likeness (QED) is 0.574. The molecule has 3 saturated carbocycles. The first-order valence-electron chi connectivity index (χ1n) is 9.07. The maximum Gasteiger partial charge on any atom is 0.0728 e. The van der Waals surface area contributed by atoms with E-state index in [0.29, 0.717) is 17.8 Å². The molecule has 0 aromatic heterocycles. The van der Waals surface area contributed by atoms with Crippen LogP contribution in [0.25, 0.3) is 0 Å². The molecule has 3 heteroatoms. The summed E-state index contributed by atoms with van der Waals surface area (Å²) in [6, 6.07) is 0. The number of rotatable bonds is 0. The molecule has 0 amide bonds. The van der Waals surface area contributed by atoms with Crippen molar-refractivity contribution in [2.45, 2.75) is 76.9 Å². The van der Waals surface area contributed by atoms with E-state index in [9.17, 15) is 10.2 Å². The van der Waals surface area contributed by atoms with Gasteiger partial charge in [0.05, 0.1) is 11.7 Å². The van der Waals surface area contributed by atoms with E-state index in [1.54, 1.807) is 3.58 Å². The lowest BCUT2D eigenvalue weighted by atomic mass is 9.43. The first-order chi connectivity index (χ1) is 10.3. The van der Waals surface area contributed by atoms with E-state index in [1.807, 2.05) is 0 Å². The van der Waals surface area contributed by atoms with Gasteiger partial charge in [0.2, 0.25) is 0 Å². The van der Waals surface area contributed by atoms with E-state index in [4.69, 9.17) is 0 Å². The zero-order valence-electron chi connectivity index (χ0n) is 13.8. The number of halogens is 1. The van der Waals surface area contributed by atoms with Crippen LogP contribution in [0.5, 0.6) is 0 Å². The fraction of sp³-hybridized carbons (Fsp3) is 0.895. The van der Waals surface area contributed by atoms with E-state index in [1.165, 1.54) is 19.3 Å². The van der Waals surface area contributed by atoms with E-state index in [2.05, 4.69) is 42.5 Å². The van der Waals surface area contributed by atoms with Gasteiger partial charge in [-0.25, -0.2) is 0 Å². The Kier molecular flexibility index (Phi) is 3.57. The van der Waals surface area contributed by atoms with Gasteiger partial charge in [-0.1, -0.05) is 19.9 Å². The normalized spacial score (nSPS) is 57.6. The summed E-state index contributed by atoms with van der Waals surface area (Å²) in [4.78, 5) is 0. The van der Waals surface area contributed by atoms with Crippen LogP contribution in [0.4, 0.5) is 0 Å². The SMILES string of the molecule is C[C@]12CC[C@H]3[C@@H](CCC4(O)C[C@@H](O)CC[C@]34C)[C@@H]1CC=C2I. The van der Waals surface area contributed by atoms with E-state index >= 15 is 0 Å². The summed E-state index contributed by atoms with van der Waals surface area (Å²) in [5.41, 5.74) is -0.203. The Morgan fingerprint density at radius 3 is 2.64 bits per heavy atom. The van der Waals surface area contributed by atoms with Crippen LogP contribution in [0.3, 0.4) is 0 Å². The zero-order valence-corrected chi connectivity index (χ0v) is 16.0. The molecule has 124 valence electrons. The van der Waals surface area contributed by atoms with Gasteiger partial charge in [-0.15, -0.1) is 0 Å². The number of fused-ring (bicyclic) bond motifs is 5. The lowest BCUT2D eigenvalue weighted by molar-refractivity contribution is -0.216. The Morgan fingerprint density at radius 2 is 1.86 bits per heavy atom. The molecule has 0 aromatic carbocycles. The van der Waals surface area contributed by atoms with Crippen molar-refractivity contribution >= 4 is 22.6 Å². The molecule has 0 bridgehead atoms. The van der Waals surface area contributed by atoms with E-state index < -0.39 is 5.60 Å². The second kappa shape index (κ2) is 4.95. The molecular weight excluding hydrogens is 387 g/mol. The lowest BCUT2D eigenvalue weighted by Gasteiger charge is -2.63. The van der Waals surface area contributed by atoms with Gasteiger partial charge in [0.25, 0.3) is 0 Å². The van der Waals surface area contributed by atoms with Gasteiger partial charge in [0.1, 0.15) is 0 Å². The topological polar surface area (TPSA) is 40.5 Å². The van der Waals surface area contributed by atoms with Crippen LogP contribution in [0, 0.1) is 28.6 Å². The summed E-state index contributed by atoms with van der Waals surface area (Å²) < 4.78 is 1.58. The Hall–Kier alpha value is 0.390. The van der Waals surface area contributed by atoms with E-state index in [0.717, 1.165) is 37.5 Å². The highest BCUT2D eigenvalue weighted by atomic mass is 127. The van der Waals surface area contributed by atoms with Crippen molar-refractivity contribution in [3.63, 3.8) is 0 Å². The van der Waals surface area contributed by atoms with Gasteiger partial charge in [0, 0.05) is 11.8 Å². The minimum atomic E-state index is -0.626. The lowest BCUT2D eigenvalue weighted by Crippen LogP contribution is -2.62. The molecule has 1 unspecified atom stereocenters. The molecule has 4 rings (SSSR count). The van der Waals surface area contributed by atoms with Gasteiger partial charge in [-0.05, 0) is 94.3 Å². The maximum absolute atomic E-state index is 11.3. The molecule has 0 spiro atoms.